The highest BCUT2D eigenvalue weighted by Gasteiger charge is 2.50. The lowest BCUT2D eigenvalue weighted by Gasteiger charge is -2.58. The van der Waals surface area contributed by atoms with E-state index in [0.717, 1.165) is 19.5 Å². The first kappa shape index (κ1) is 12.8. The summed E-state index contributed by atoms with van der Waals surface area (Å²) in [6.07, 6.45) is 1.16. The average molecular weight is 240 g/mol. The third kappa shape index (κ3) is 2.08. The van der Waals surface area contributed by atoms with Crippen molar-refractivity contribution in [2.75, 3.05) is 20.2 Å². The Kier molecular flexibility index (Phi) is 3.21. The lowest BCUT2D eigenvalue weighted by molar-refractivity contribution is -0.174. The molecule has 3 aliphatic rings. The van der Waals surface area contributed by atoms with E-state index in [1.807, 2.05) is 18.7 Å². The number of ether oxygens (including phenoxy) is 1. The number of hydrogen-bond donors (Lipinski definition) is 0. The predicted octanol–water partition coefficient (Wildman–Crippen LogP) is 1.10. The van der Waals surface area contributed by atoms with E-state index in [9.17, 15) is 4.79 Å². The summed E-state index contributed by atoms with van der Waals surface area (Å²) in [5.74, 6) is 0.143. The molecule has 0 aromatic heterocycles. The van der Waals surface area contributed by atoms with Gasteiger partial charge in [-0.1, -0.05) is 0 Å². The van der Waals surface area contributed by atoms with E-state index in [0.29, 0.717) is 18.1 Å². The van der Waals surface area contributed by atoms with Crippen molar-refractivity contribution >= 4 is 5.91 Å². The van der Waals surface area contributed by atoms with E-state index in [-0.39, 0.29) is 5.91 Å². The molecule has 3 heterocycles. The molecule has 0 spiro atoms. The average Bonchev–Trinajstić information content (AvgIpc) is 2.28. The number of hydrogen-bond acceptors (Lipinski definition) is 3. The molecule has 2 unspecified atom stereocenters. The first-order valence-electron chi connectivity index (χ1n) is 6.48. The Morgan fingerprint density at radius 2 is 1.82 bits per heavy atom. The SMILES string of the molecule is COC(C)(C)C(=O)N1C2CC1CN(C(C)C)C2. The van der Waals surface area contributed by atoms with Crippen molar-refractivity contribution in [1.82, 2.24) is 9.80 Å². The summed E-state index contributed by atoms with van der Waals surface area (Å²) in [7, 11) is 1.61. The number of nitrogens with zero attached hydrogens (tertiary/aromatic N) is 2. The molecule has 0 aromatic carbocycles. The van der Waals surface area contributed by atoms with Crippen LogP contribution in [0, 0.1) is 0 Å². The van der Waals surface area contributed by atoms with Crippen LogP contribution in [0.5, 0.6) is 0 Å². The summed E-state index contributed by atoms with van der Waals surface area (Å²) in [4.78, 5) is 16.9. The van der Waals surface area contributed by atoms with E-state index >= 15 is 0 Å². The van der Waals surface area contributed by atoms with Crippen LogP contribution in [0.1, 0.15) is 34.1 Å². The van der Waals surface area contributed by atoms with Crippen LogP contribution in [0.15, 0.2) is 0 Å². The van der Waals surface area contributed by atoms with Crippen LogP contribution in [0.4, 0.5) is 0 Å². The van der Waals surface area contributed by atoms with Crippen LogP contribution in [0.3, 0.4) is 0 Å². The maximum absolute atomic E-state index is 12.4. The molecule has 3 rings (SSSR count). The molecule has 4 nitrogen and oxygen atoms in total. The maximum Gasteiger partial charge on any atom is 0.254 e. The zero-order chi connectivity index (χ0) is 12.8. The molecule has 3 fully saturated rings. The maximum atomic E-state index is 12.4. The second-order valence-electron chi connectivity index (χ2n) is 6.02. The molecular weight excluding hydrogens is 216 g/mol. The standard InChI is InChI=1S/C13H24N2O2/c1-9(2)14-7-10-6-11(8-14)15(10)12(16)13(3,4)17-5/h9-11H,6-8H2,1-5H3. The number of fused-ring (bicyclic) bond motifs is 2. The molecule has 0 radical (unpaired) electrons. The van der Waals surface area contributed by atoms with Gasteiger partial charge in [-0.05, 0) is 34.1 Å². The van der Waals surface area contributed by atoms with E-state index < -0.39 is 5.60 Å². The van der Waals surface area contributed by atoms with Crippen molar-refractivity contribution < 1.29 is 9.53 Å². The summed E-state index contributed by atoms with van der Waals surface area (Å²) in [5.41, 5.74) is -0.684. The second kappa shape index (κ2) is 4.25. The molecule has 4 heteroatoms. The van der Waals surface area contributed by atoms with Gasteiger partial charge in [0.05, 0.1) is 0 Å². The Morgan fingerprint density at radius 1 is 1.29 bits per heavy atom. The van der Waals surface area contributed by atoms with Gasteiger partial charge in [0.15, 0.2) is 0 Å². The quantitative estimate of drug-likeness (QED) is 0.740. The lowest BCUT2D eigenvalue weighted by Crippen LogP contribution is -2.73. The van der Waals surface area contributed by atoms with E-state index in [2.05, 4.69) is 18.7 Å². The van der Waals surface area contributed by atoms with Crippen molar-refractivity contribution in [2.45, 2.75) is 57.8 Å². The number of carbonyl (C=O) groups is 1. The fraction of sp³-hybridized carbons (Fsp3) is 0.923. The third-order valence-electron chi connectivity index (χ3n) is 4.21. The number of amides is 1. The van der Waals surface area contributed by atoms with Gasteiger partial charge >= 0.3 is 0 Å². The van der Waals surface area contributed by atoms with Gasteiger partial charge in [-0.2, -0.15) is 0 Å². The Balaban J connectivity index is 2.02. The summed E-state index contributed by atoms with van der Waals surface area (Å²) < 4.78 is 5.29. The van der Waals surface area contributed by atoms with Crippen LogP contribution in [0.25, 0.3) is 0 Å². The Hall–Kier alpha value is -0.610. The first-order chi connectivity index (χ1) is 7.86. The monoisotopic (exact) mass is 240 g/mol. The summed E-state index contributed by atoms with van der Waals surface area (Å²) >= 11 is 0. The second-order valence-corrected chi connectivity index (χ2v) is 6.02. The molecule has 2 atom stereocenters. The molecule has 0 aliphatic carbocycles. The van der Waals surface area contributed by atoms with Crippen molar-refractivity contribution in [3.63, 3.8) is 0 Å². The Bertz CT molecular complexity index is 303. The van der Waals surface area contributed by atoms with Gasteiger partial charge in [0.25, 0.3) is 5.91 Å². The molecule has 98 valence electrons. The normalized spacial score (nSPS) is 29.4. The van der Waals surface area contributed by atoms with Crippen LogP contribution in [0.2, 0.25) is 0 Å². The topological polar surface area (TPSA) is 32.8 Å². The van der Waals surface area contributed by atoms with Crippen molar-refractivity contribution in [1.29, 1.82) is 0 Å². The summed E-state index contributed by atoms with van der Waals surface area (Å²) in [6, 6.07) is 1.38. The van der Waals surface area contributed by atoms with Gasteiger partial charge in [-0.25, -0.2) is 0 Å². The minimum atomic E-state index is -0.684. The third-order valence-corrected chi connectivity index (χ3v) is 4.21. The molecule has 0 saturated carbocycles. The number of piperazine rings is 1. The van der Waals surface area contributed by atoms with Gasteiger partial charge < -0.3 is 9.64 Å². The van der Waals surface area contributed by atoms with E-state index in [4.69, 9.17) is 4.74 Å². The van der Waals surface area contributed by atoms with Crippen molar-refractivity contribution in [3.05, 3.63) is 0 Å². The fourth-order valence-electron chi connectivity index (χ4n) is 2.79. The Morgan fingerprint density at radius 3 is 2.24 bits per heavy atom. The highest BCUT2D eigenvalue weighted by molar-refractivity contribution is 5.86. The van der Waals surface area contributed by atoms with Crippen LogP contribution < -0.4 is 0 Å². The van der Waals surface area contributed by atoms with Crippen molar-refractivity contribution in [2.24, 2.45) is 0 Å². The van der Waals surface area contributed by atoms with Crippen LogP contribution >= 0.6 is 0 Å². The Labute approximate surface area is 104 Å². The predicted molar refractivity (Wildman–Crippen MR) is 66.8 cm³/mol. The number of piperidine rings is 1. The highest BCUT2D eigenvalue weighted by Crippen LogP contribution is 2.35. The molecule has 3 saturated heterocycles. The first-order valence-corrected chi connectivity index (χ1v) is 6.48. The van der Waals surface area contributed by atoms with Gasteiger partial charge in [0, 0.05) is 38.3 Å². The zero-order valence-corrected chi connectivity index (χ0v) is 11.6. The molecule has 1 amide bonds. The molecule has 3 aliphatic heterocycles. The van der Waals surface area contributed by atoms with Crippen LogP contribution in [-0.4, -0.2) is 59.6 Å². The lowest BCUT2D eigenvalue weighted by atomic mass is 9.85. The minimum Gasteiger partial charge on any atom is -0.369 e. The van der Waals surface area contributed by atoms with Gasteiger partial charge in [-0.3, -0.25) is 9.69 Å². The molecule has 0 N–H and O–H groups in total. The number of methoxy groups -OCH3 is 1. The largest absolute Gasteiger partial charge is 0.369 e. The van der Waals surface area contributed by atoms with E-state index in [1.165, 1.54) is 0 Å². The zero-order valence-electron chi connectivity index (χ0n) is 11.6. The summed E-state index contributed by atoms with van der Waals surface area (Å²) in [6.45, 7) is 10.2. The highest BCUT2D eigenvalue weighted by atomic mass is 16.5. The molecule has 2 bridgehead atoms. The molecule has 17 heavy (non-hydrogen) atoms. The van der Waals surface area contributed by atoms with E-state index in [1.54, 1.807) is 7.11 Å². The van der Waals surface area contributed by atoms with Gasteiger partial charge in [0.1, 0.15) is 5.60 Å². The minimum absolute atomic E-state index is 0.143. The number of rotatable bonds is 3. The fourth-order valence-corrected chi connectivity index (χ4v) is 2.79. The number of carbonyl (C=O) groups excluding carboxylic acids is 1. The molecule has 0 aromatic rings. The summed E-state index contributed by atoms with van der Waals surface area (Å²) in [5, 5.41) is 0. The smallest absolute Gasteiger partial charge is 0.254 e. The van der Waals surface area contributed by atoms with Gasteiger partial charge in [-0.15, -0.1) is 0 Å². The van der Waals surface area contributed by atoms with Crippen molar-refractivity contribution in [3.8, 4) is 0 Å². The van der Waals surface area contributed by atoms with Crippen LogP contribution in [-0.2, 0) is 9.53 Å². The van der Waals surface area contributed by atoms with Gasteiger partial charge in [0.2, 0.25) is 0 Å². The molecular formula is C13H24N2O2.